The topological polar surface area (TPSA) is 71.1 Å². The van der Waals surface area contributed by atoms with Gasteiger partial charge in [0.05, 0.1) is 17.0 Å². The first-order chi connectivity index (χ1) is 10.2. The highest BCUT2D eigenvalue weighted by molar-refractivity contribution is 7.12. The lowest BCUT2D eigenvalue weighted by molar-refractivity contribution is -0.123. The highest BCUT2D eigenvalue weighted by Crippen LogP contribution is 2.24. The van der Waals surface area contributed by atoms with Gasteiger partial charge in [-0.05, 0) is 29.5 Å². The normalized spacial score (nSPS) is 21.6. The quantitative estimate of drug-likeness (QED) is 0.909. The maximum absolute atomic E-state index is 12.2. The van der Waals surface area contributed by atoms with E-state index < -0.39 is 0 Å². The van der Waals surface area contributed by atoms with Crippen LogP contribution in [0.5, 0.6) is 0 Å². The molecule has 2 N–H and O–H groups in total. The third-order valence-corrected chi connectivity index (χ3v) is 4.37. The number of amides is 2. The average molecular weight is 301 g/mol. The fourth-order valence-electron chi connectivity index (χ4n) is 2.48. The summed E-state index contributed by atoms with van der Waals surface area (Å²) in [5, 5.41) is 7.83. The number of hydrogen-bond acceptors (Lipinski definition) is 4. The molecule has 1 fully saturated rings. The Kier molecular flexibility index (Phi) is 3.96. The summed E-state index contributed by atoms with van der Waals surface area (Å²) in [6, 6.07) is 7.02. The minimum Gasteiger partial charge on any atom is -0.347 e. The predicted octanol–water partition coefficient (Wildman–Crippen LogP) is 1.89. The molecule has 0 aliphatic carbocycles. The van der Waals surface area contributed by atoms with Gasteiger partial charge in [-0.25, -0.2) is 0 Å². The first kappa shape index (κ1) is 13.8. The molecule has 6 heteroatoms. The van der Waals surface area contributed by atoms with Crippen molar-refractivity contribution in [1.82, 2.24) is 15.6 Å². The van der Waals surface area contributed by atoms with Crippen LogP contribution in [0, 0.1) is 0 Å². The van der Waals surface area contributed by atoms with E-state index in [2.05, 4.69) is 15.6 Å². The average Bonchev–Trinajstić information content (AvgIpc) is 3.04. The molecule has 5 nitrogen and oxygen atoms in total. The van der Waals surface area contributed by atoms with Crippen molar-refractivity contribution in [3.05, 3.63) is 52.5 Å². The van der Waals surface area contributed by atoms with Crippen LogP contribution in [0.1, 0.15) is 34.1 Å². The van der Waals surface area contributed by atoms with E-state index >= 15 is 0 Å². The number of piperidine rings is 1. The summed E-state index contributed by atoms with van der Waals surface area (Å²) in [5.74, 6) is -0.0921. The van der Waals surface area contributed by atoms with Crippen LogP contribution >= 0.6 is 11.3 Å². The van der Waals surface area contributed by atoms with Gasteiger partial charge in [-0.3, -0.25) is 14.6 Å². The molecule has 0 spiro atoms. The van der Waals surface area contributed by atoms with Crippen LogP contribution in [0.25, 0.3) is 0 Å². The molecule has 0 radical (unpaired) electrons. The molecule has 1 aliphatic rings. The van der Waals surface area contributed by atoms with Crippen molar-refractivity contribution in [2.75, 3.05) is 0 Å². The van der Waals surface area contributed by atoms with Crippen LogP contribution in [0.15, 0.2) is 42.0 Å². The van der Waals surface area contributed by atoms with Crippen molar-refractivity contribution in [1.29, 1.82) is 0 Å². The molecule has 2 aromatic heterocycles. The van der Waals surface area contributed by atoms with Crippen LogP contribution in [-0.4, -0.2) is 22.8 Å². The SMILES string of the molecule is O=C1CC[C@H](NC(=O)c2cccs2)[C@@H](c2cccnc2)N1. The Bertz CT molecular complexity index is 628. The fourth-order valence-corrected chi connectivity index (χ4v) is 3.10. The van der Waals surface area contributed by atoms with Crippen molar-refractivity contribution in [3.63, 3.8) is 0 Å². The molecule has 2 aromatic rings. The van der Waals surface area contributed by atoms with E-state index in [-0.39, 0.29) is 23.9 Å². The van der Waals surface area contributed by atoms with E-state index in [9.17, 15) is 9.59 Å². The summed E-state index contributed by atoms with van der Waals surface area (Å²) in [7, 11) is 0. The van der Waals surface area contributed by atoms with Crippen LogP contribution in [-0.2, 0) is 4.79 Å². The fraction of sp³-hybridized carbons (Fsp3) is 0.267. The summed E-state index contributed by atoms with van der Waals surface area (Å²) < 4.78 is 0. The molecule has 0 unspecified atom stereocenters. The lowest BCUT2D eigenvalue weighted by Gasteiger charge is -2.32. The molecule has 2 amide bonds. The van der Waals surface area contributed by atoms with Crippen LogP contribution in [0.4, 0.5) is 0 Å². The van der Waals surface area contributed by atoms with Gasteiger partial charge < -0.3 is 10.6 Å². The third kappa shape index (κ3) is 3.11. The lowest BCUT2D eigenvalue weighted by Crippen LogP contribution is -2.50. The summed E-state index contributed by atoms with van der Waals surface area (Å²) >= 11 is 1.41. The molecule has 1 saturated heterocycles. The molecule has 1 aliphatic heterocycles. The third-order valence-electron chi connectivity index (χ3n) is 3.51. The van der Waals surface area contributed by atoms with Gasteiger partial charge in [-0.2, -0.15) is 0 Å². The van der Waals surface area contributed by atoms with Crippen molar-refractivity contribution in [2.45, 2.75) is 24.9 Å². The molecule has 2 atom stereocenters. The predicted molar refractivity (Wildman–Crippen MR) is 79.9 cm³/mol. The molecule has 0 saturated carbocycles. The van der Waals surface area contributed by atoms with Crippen LogP contribution in [0.2, 0.25) is 0 Å². The van der Waals surface area contributed by atoms with Gasteiger partial charge in [-0.15, -0.1) is 11.3 Å². The Morgan fingerprint density at radius 2 is 2.29 bits per heavy atom. The highest BCUT2D eigenvalue weighted by atomic mass is 32.1. The summed E-state index contributed by atoms with van der Waals surface area (Å²) in [6.45, 7) is 0. The van der Waals surface area contributed by atoms with Gasteiger partial charge in [0.15, 0.2) is 0 Å². The van der Waals surface area contributed by atoms with Gasteiger partial charge in [-0.1, -0.05) is 12.1 Å². The van der Waals surface area contributed by atoms with Crippen molar-refractivity contribution < 1.29 is 9.59 Å². The van der Waals surface area contributed by atoms with E-state index in [1.807, 2.05) is 23.6 Å². The number of thiophene rings is 1. The molecule has 21 heavy (non-hydrogen) atoms. The number of rotatable bonds is 3. The Morgan fingerprint density at radius 1 is 1.38 bits per heavy atom. The molecule has 0 aromatic carbocycles. The van der Waals surface area contributed by atoms with E-state index in [1.54, 1.807) is 18.5 Å². The largest absolute Gasteiger partial charge is 0.347 e. The Labute approximate surface area is 126 Å². The van der Waals surface area contributed by atoms with Crippen molar-refractivity contribution >= 4 is 23.2 Å². The summed E-state index contributed by atoms with van der Waals surface area (Å²) in [6.07, 6.45) is 4.46. The maximum atomic E-state index is 12.2. The van der Waals surface area contributed by atoms with E-state index in [4.69, 9.17) is 0 Å². The maximum Gasteiger partial charge on any atom is 0.261 e. The molecule has 3 heterocycles. The second kappa shape index (κ2) is 6.05. The summed E-state index contributed by atoms with van der Waals surface area (Å²) in [4.78, 5) is 28.6. The zero-order valence-electron chi connectivity index (χ0n) is 11.3. The second-order valence-electron chi connectivity index (χ2n) is 4.93. The van der Waals surface area contributed by atoms with Crippen LogP contribution < -0.4 is 10.6 Å². The monoisotopic (exact) mass is 301 g/mol. The number of hydrogen-bond donors (Lipinski definition) is 2. The Hall–Kier alpha value is -2.21. The minimum atomic E-state index is -0.233. The number of carbonyl (C=O) groups is 2. The van der Waals surface area contributed by atoms with Gasteiger partial charge in [0, 0.05) is 18.8 Å². The lowest BCUT2D eigenvalue weighted by atomic mass is 9.93. The van der Waals surface area contributed by atoms with Gasteiger partial charge in [0.2, 0.25) is 5.91 Å². The first-order valence-electron chi connectivity index (χ1n) is 6.77. The second-order valence-corrected chi connectivity index (χ2v) is 5.88. The van der Waals surface area contributed by atoms with E-state index in [1.165, 1.54) is 11.3 Å². The molecule has 108 valence electrons. The molecule has 0 bridgehead atoms. The van der Waals surface area contributed by atoms with E-state index in [0.717, 1.165) is 5.56 Å². The van der Waals surface area contributed by atoms with Crippen LogP contribution in [0.3, 0.4) is 0 Å². The number of nitrogens with zero attached hydrogens (tertiary/aromatic N) is 1. The Morgan fingerprint density at radius 3 is 3.00 bits per heavy atom. The van der Waals surface area contributed by atoms with Gasteiger partial charge in [0.1, 0.15) is 0 Å². The minimum absolute atomic E-state index is 0.00507. The van der Waals surface area contributed by atoms with Gasteiger partial charge >= 0.3 is 0 Å². The summed E-state index contributed by atoms with van der Waals surface area (Å²) in [5.41, 5.74) is 0.905. The highest BCUT2D eigenvalue weighted by Gasteiger charge is 2.31. The number of carbonyl (C=O) groups excluding carboxylic acids is 2. The zero-order valence-corrected chi connectivity index (χ0v) is 12.1. The number of pyridine rings is 1. The first-order valence-corrected chi connectivity index (χ1v) is 7.65. The smallest absolute Gasteiger partial charge is 0.261 e. The number of aromatic nitrogens is 1. The zero-order chi connectivity index (χ0) is 14.7. The molecular weight excluding hydrogens is 286 g/mol. The number of nitrogens with one attached hydrogen (secondary N) is 2. The van der Waals surface area contributed by atoms with Crippen molar-refractivity contribution in [3.8, 4) is 0 Å². The Balaban J connectivity index is 1.78. The van der Waals surface area contributed by atoms with Crippen molar-refractivity contribution in [2.24, 2.45) is 0 Å². The molecular formula is C15H15N3O2S. The van der Waals surface area contributed by atoms with E-state index in [0.29, 0.717) is 17.7 Å². The molecule has 3 rings (SSSR count). The standard InChI is InChI=1S/C15H15N3O2S/c19-13-6-5-11(17-15(20)12-4-2-8-21-12)14(18-13)10-3-1-7-16-9-10/h1-4,7-9,11,14H,5-6H2,(H,17,20)(H,18,19)/t11-,14+/m0/s1. The van der Waals surface area contributed by atoms with Gasteiger partial charge in [0.25, 0.3) is 5.91 Å².